The average Bonchev–Trinajstić information content (AvgIpc) is 3.19. The molecule has 8 heteroatoms. The Labute approximate surface area is 161 Å². The molecule has 2 aromatic heterocycles. The predicted molar refractivity (Wildman–Crippen MR) is 103 cm³/mol. The van der Waals surface area contributed by atoms with Crippen molar-refractivity contribution in [2.75, 3.05) is 5.32 Å². The Morgan fingerprint density at radius 1 is 1.44 bits per heavy atom. The maximum absolute atomic E-state index is 14.3. The first-order chi connectivity index (χ1) is 12.8. The highest BCUT2D eigenvalue weighted by atomic mass is 35.5. The molecule has 1 amide bonds. The van der Waals surface area contributed by atoms with Gasteiger partial charge in [-0.15, -0.1) is 0 Å². The summed E-state index contributed by atoms with van der Waals surface area (Å²) in [4.78, 5) is 24.8. The molecule has 0 bridgehead atoms. The second kappa shape index (κ2) is 7.08. The highest BCUT2D eigenvalue weighted by Gasteiger charge is 2.69. The molecule has 3 N–H and O–H groups in total. The number of nitrogens with zero attached hydrogens (tertiary/aromatic N) is 3. The van der Waals surface area contributed by atoms with Crippen LogP contribution >= 0.6 is 11.6 Å². The maximum atomic E-state index is 14.3. The molecule has 6 nitrogen and oxygen atoms in total. The fraction of sp³-hybridized carbons (Fsp3) is 0.263. The van der Waals surface area contributed by atoms with E-state index < -0.39 is 22.6 Å². The summed E-state index contributed by atoms with van der Waals surface area (Å²) in [5, 5.41) is 3.42. The van der Waals surface area contributed by atoms with Crippen LogP contribution in [0.5, 0.6) is 0 Å². The van der Waals surface area contributed by atoms with Crippen molar-refractivity contribution in [2.45, 2.75) is 25.7 Å². The summed E-state index contributed by atoms with van der Waals surface area (Å²) in [5.74, 6) is -1.02. The Hall–Kier alpha value is -2.80. The van der Waals surface area contributed by atoms with Crippen molar-refractivity contribution >= 4 is 29.0 Å². The molecule has 0 spiro atoms. The number of carbonyl (C=O) groups is 1. The van der Waals surface area contributed by atoms with Crippen LogP contribution in [0.15, 0.2) is 54.1 Å². The van der Waals surface area contributed by atoms with Gasteiger partial charge in [-0.2, -0.15) is 4.99 Å². The molecular weight excluding hydrogens is 369 g/mol. The summed E-state index contributed by atoms with van der Waals surface area (Å²) in [5.41, 5.74) is 5.08. The predicted octanol–water partition coefficient (Wildman–Crippen LogP) is 3.45. The Morgan fingerprint density at radius 3 is 2.81 bits per heavy atom. The number of aromatic nitrogens is 2. The minimum atomic E-state index is -1.10. The van der Waals surface area contributed by atoms with E-state index in [1.807, 2.05) is 13.8 Å². The van der Waals surface area contributed by atoms with Crippen LogP contribution in [-0.4, -0.2) is 21.7 Å². The van der Waals surface area contributed by atoms with Crippen LogP contribution in [0, 0.1) is 11.2 Å². The number of halogens is 2. The molecule has 1 atom stereocenters. The standard InChI is InChI=1S/C19H19ClFN5O/c1-18(2)11-19(18,16-14(21)4-3-6-25-16)17(27)26-15(22)5-7-24-13-8-12(20)9-23-10-13/h3-10,24H,11H2,1-2H3,(H2,22,26,27)/b7-5-. The molecule has 0 saturated heterocycles. The Bertz CT molecular complexity index is 943. The molecule has 3 rings (SSSR count). The van der Waals surface area contributed by atoms with Crippen LogP contribution in [0.25, 0.3) is 0 Å². The highest BCUT2D eigenvalue weighted by Crippen LogP contribution is 2.64. The number of hydrogen-bond acceptors (Lipinski definition) is 4. The van der Waals surface area contributed by atoms with Gasteiger partial charge in [-0.25, -0.2) is 4.39 Å². The average molecular weight is 388 g/mol. The first kappa shape index (κ1) is 19.0. The number of nitrogens with two attached hydrogens (primary N) is 1. The largest absolute Gasteiger partial charge is 0.384 e. The van der Waals surface area contributed by atoms with Crippen molar-refractivity contribution in [3.63, 3.8) is 0 Å². The van der Waals surface area contributed by atoms with Gasteiger partial charge in [-0.1, -0.05) is 25.4 Å². The van der Waals surface area contributed by atoms with Gasteiger partial charge in [0.2, 0.25) is 0 Å². The number of pyridine rings is 2. The zero-order valence-corrected chi connectivity index (χ0v) is 15.7. The molecule has 1 fully saturated rings. The van der Waals surface area contributed by atoms with E-state index in [4.69, 9.17) is 17.3 Å². The molecule has 1 aliphatic carbocycles. The van der Waals surface area contributed by atoms with Crippen molar-refractivity contribution in [1.29, 1.82) is 0 Å². The SMILES string of the molecule is CC1(C)CC1(C(=O)N=C(N)/C=C\Nc1cncc(Cl)c1)c1ncccc1F. The van der Waals surface area contributed by atoms with Crippen LogP contribution in [-0.2, 0) is 10.2 Å². The van der Waals surface area contributed by atoms with Gasteiger partial charge in [0.05, 0.1) is 22.6 Å². The lowest BCUT2D eigenvalue weighted by atomic mass is 9.90. The van der Waals surface area contributed by atoms with Crippen molar-refractivity contribution in [2.24, 2.45) is 16.1 Å². The quantitative estimate of drug-likeness (QED) is 0.605. The lowest BCUT2D eigenvalue weighted by Crippen LogP contribution is -2.29. The Kier molecular flexibility index (Phi) is 4.97. The fourth-order valence-corrected chi connectivity index (χ4v) is 3.33. The number of amidine groups is 1. The van der Waals surface area contributed by atoms with E-state index in [-0.39, 0.29) is 11.5 Å². The molecule has 140 valence electrons. The van der Waals surface area contributed by atoms with E-state index in [1.54, 1.807) is 12.3 Å². The lowest BCUT2D eigenvalue weighted by molar-refractivity contribution is -0.121. The van der Waals surface area contributed by atoms with E-state index in [0.717, 1.165) is 0 Å². The minimum Gasteiger partial charge on any atom is -0.384 e. The number of anilines is 1. The Morgan fingerprint density at radius 2 is 2.19 bits per heavy atom. The second-order valence-corrected chi connectivity index (χ2v) is 7.45. The summed E-state index contributed by atoms with van der Waals surface area (Å²) >= 11 is 5.85. The van der Waals surface area contributed by atoms with E-state index >= 15 is 0 Å². The number of hydrogen-bond donors (Lipinski definition) is 2. The summed E-state index contributed by atoms with van der Waals surface area (Å²) in [6, 6.07) is 4.47. The van der Waals surface area contributed by atoms with Gasteiger partial charge in [0, 0.05) is 18.6 Å². The number of rotatable bonds is 5. The molecule has 0 aliphatic heterocycles. The molecule has 2 heterocycles. The maximum Gasteiger partial charge on any atom is 0.260 e. The van der Waals surface area contributed by atoms with Crippen molar-refractivity contribution < 1.29 is 9.18 Å². The fourth-order valence-electron chi connectivity index (χ4n) is 3.15. The summed E-state index contributed by atoms with van der Waals surface area (Å²) in [6.07, 6.45) is 7.98. The molecule has 2 aromatic rings. The van der Waals surface area contributed by atoms with E-state index in [1.165, 1.54) is 36.8 Å². The van der Waals surface area contributed by atoms with Gasteiger partial charge < -0.3 is 11.1 Å². The third-order valence-electron chi connectivity index (χ3n) is 4.70. The highest BCUT2D eigenvalue weighted by molar-refractivity contribution is 6.30. The molecule has 0 aromatic carbocycles. The third-order valence-corrected chi connectivity index (χ3v) is 4.91. The van der Waals surface area contributed by atoms with Gasteiger partial charge in [-0.05, 0) is 36.1 Å². The molecular formula is C19H19ClFN5O. The summed E-state index contributed by atoms with van der Waals surface area (Å²) in [7, 11) is 0. The van der Waals surface area contributed by atoms with Gasteiger partial charge in [0.15, 0.2) is 0 Å². The monoisotopic (exact) mass is 387 g/mol. The normalized spacial score (nSPS) is 21.3. The Balaban J connectivity index is 1.78. The molecule has 1 unspecified atom stereocenters. The van der Waals surface area contributed by atoms with Gasteiger partial charge >= 0.3 is 0 Å². The number of carbonyl (C=O) groups excluding carboxylic acids is 1. The van der Waals surface area contributed by atoms with Gasteiger partial charge in [-0.3, -0.25) is 14.8 Å². The molecule has 1 aliphatic rings. The van der Waals surface area contributed by atoms with Crippen LogP contribution in [0.1, 0.15) is 26.0 Å². The first-order valence-corrected chi connectivity index (χ1v) is 8.67. The zero-order valence-electron chi connectivity index (χ0n) is 14.9. The topological polar surface area (TPSA) is 93.3 Å². The number of aliphatic imine (C=N–C) groups is 1. The molecule has 1 saturated carbocycles. The molecule has 27 heavy (non-hydrogen) atoms. The van der Waals surface area contributed by atoms with E-state index in [9.17, 15) is 9.18 Å². The number of nitrogens with one attached hydrogen (secondary N) is 1. The van der Waals surface area contributed by atoms with E-state index in [2.05, 4.69) is 20.3 Å². The second-order valence-electron chi connectivity index (χ2n) is 7.01. The molecule has 0 radical (unpaired) electrons. The minimum absolute atomic E-state index is 0.000835. The van der Waals surface area contributed by atoms with E-state index in [0.29, 0.717) is 17.1 Å². The van der Waals surface area contributed by atoms with Crippen LogP contribution in [0.3, 0.4) is 0 Å². The lowest BCUT2D eigenvalue weighted by Gasteiger charge is -2.17. The van der Waals surface area contributed by atoms with Crippen LogP contribution in [0.2, 0.25) is 5.02 Å². The smallest absolute Gasteiger partial charge is 0.260 e. The number of amides is 1. The first-order valence-electron chi connectivity index (χ1n) is 8.29. The van der Waals surface area contributed by atoms with Gasteiger partial charge in [0.25, 0.3) is 5.91 Å². The third kappa shape index (κ3) is 3.68. The van der Waals surface area contributed by atoms with Crippen molar-refractivity contribution in [3.05, 3.63) is 65.6 Å². The zero-order chi connectivity index (χ0) is 19.7. The van der Waals surface area contributed by atoms with Crippen molar-refractivity contribution in [3.8, 4) is 0 Å². The summed E-state index contributed by atoms with van der Waals surface area (Å²) < 4.78 is 14.3. The van der Waals surface area contributed by atoms with Crippen molar-refractivity contribution in [1.82, 2.24) is 9.97 Å². The van der Waals surface area contributed by atoms with Gasteiger partial charge in [0.1, 0.15) is 17.1 Å². The van der Waals surface area contributed by atoms with Crippen LogP contribution < -0.4 is 11.1 Å². The summed E-state index contributed by atoms with van der Waals surface area (Å²) in [6.45, 7) is 3.77. The van der Waals surface area contributed by atoms with Crippen LogP contribution in [0.4, 0.5) is 10.1 Å².